The molecule has 334 valence electrons. The van der Waals surface area contributed by atoms with Gasteiger partial charge in [0.15, 0.2) is 11.2 Å². The molecule has 0 aliphatic heterocycles. The van der Waals surface area contributed by atoms with Crippen LogP contribution in [0, 0.1) is 13.8 Å². The lowest BCUT2D eigenvalue weighted by molar-refractivity contribution is 0.500. The van der Waals surface area contributed by atoms with Crippen LogP contribution in [0.1, 0.15) is 76.6 Å². The van der Waals surface area contributed by atoms with Crippen LogP contribution in [0.4, 0.5) is 34.1 Å². The van der Waals surface area contributed by atoms with Gasteiger partial charge in [0.1, 0.15) is 11.2 Å². The molecule has 0 aliphatic carbocycles. The number of fused-ring (bicyclic) bond motifs is 6. The molecule has 0 unspecified atom stereocenters. The van der Waals surface area contributed by atoms with Gasteiger partial charge in [0.25, 0.3) is 0 Å². The molecule has 68 heavy (non-hydrogen) atoms. The van der Waals surface area contributed by atoms with Crippen molar-refractivity contribution in [2.75, 3.05) is 9.80 Å². The van der Waals surface area contributed by atoms with Crippen LogP contribution in [0.25, 0.3) is 76.2 Å². The zero-order valence-corrected chi connectivity index (χ0v) is 40.3. The van der Waals surface area contributed by atoms with Gasteiger partial charge in [0.2, 0.25) is 0 Å². The Kier molecular flexibility index (Phi) is 9.54. The molecule has 0 amide bonds. The van der Waals surface area contributed by atoms with Crippen molar-refractivity contribution < 1.29 is 8.83 Å². The van der Waals surface area contributed by atoms with E-state index in [2.05, 4.69) is 235 Å². The number of aryl methyl sites for hydroxylation is 2. The van der Waals surface area contributed by atoms with Gasteiger partial charge in [-0.25, -0.2) is 0 Å². The fourth-order valence-electron chi connectivity index (χ4n) is 11.1. The summed E-state index contributed by atoms with van der Waals surface area (Å²) < 4.78 is 14.3. The maximum absolute atomic E-state index is 7.15. The Morgan fingerprint density at radius 3 is 1.09 bits per heavy atom. The van der Waals surface area contributed by atoms with Crippen LogP contribution in [0.3, 0.4) is 0 Å². The maximum Gasteiger partial charge on any atom is 0.159 e. The molecule has 4 heteroatoms. The lowest BCUT2D eigenvalue weighted by Crippen LogP contribution is -2.15. The van der Waals surface area contributed by atoms with Crippen LogP contribution in [-0.4, -0.2) is 0 Å². The Morgan fingerprint density at radius 1 is 0.353 bits per heavy atom. The van der Waals surface area contributed by atoms with Gasteiger partial charge in [-0.2, -0.15) is 0 Å². The highest BCUT2D eigenvalue weighted by atomic mass is 16.3. The standard InChI is InChI=1S/C64H56N2O2/c1-9-63(5,6)51-29-17-25-45-47-27-19-31-53(61(47)67-59(45)51)65(41-21-13-11-14-22-41)55-37-39(3)43-34-36-50-56(38-40(4)44-33-35-49(55)57(43)58(44)50)66(42-23-15-12-16-24-42)54-32-20-28-48-46-26-18-30-52(64(7,8)10-2)60(46)68-62(48)54/h11-38H,9-10H2,1-8H3. The first-order chi connectivity index (χ1) is 33.0. The van der Waals surface area contributed by atoms with Crippen molar-refractivity contribution >= 4 is 110 Å². The van der Waals surface area contributed by atoms with Gasteiger partial charge >= 0.3 is 0 Å². The van der Waals surface area contributed by atoms with Crippen molar-refractivity contribution in [3.63, 3.8) is 0 Å². The summed E-state index contributed by atoms with van der Waals surface area (Å²) in [4.78, 5) is 4.85. The third kappa shape index (κ3) is 6.19. The average molecular weight is 885 g/mol. The molecule has 0 radical (unpaired) electrons. The fourth-order valence-corrected chi connectivity index (χ4v) is 11.1. The summed E-state index contributed by atoms with van der Waals surface area (Å²) in [5.41, 5.74) is 14.9. The van der Waals surface area contributed by atoms with E-state index in [1.807, 2.05) is 0 Å². The second-order valence-electron chi connectivity index (χ2n) is 20.2. The molecule has 0 saturated carbocycles. The molecule has 0 N–H and O–H groups in total. The summed E-state index contributed by atoms with van der Waals surface area (Å²) in [5, 5.41) is 11.9. The Hall–Kier alpha value is -7.56. The third-order valence-electron chi connectivity index (χ3n) is 15.5. The molecule has 0 bridgehead atoms. The van der Waals surface area contributed by atoms with Crippen LogP contribution in [-0.2, 0) is 10.8 Å². The van der Waals surface area contributed by atoms with E-state index in [4.69, 9.17) is 8.83 Å². The molecule has 0 spiro atoms. The fraction of sp³-hybridized carbons (Fsp3) is 0.188. The number of anilines is 6. The summed E-state index contributed by atoms with van der Waals surface area (Å²) in [6.07, 6.45) is 2.01. The Morgan fingerprint density at radius 2 is 0.706 bits per heavy atom. The van der Waals surface area contributed by atoms with Gasteiger partial charge in [0.05, 0.1) is 22.7 Å². The van der Waals surface area contributed by atoms with Gasteiger partial charge in [-0.1, -0.05) is 163 Å². The SMILES string of the molecule is CCC(C)(C)c1cccc2c1oc1c(N(c3ccccc3)c3cc(C)c4ccc5c(N(c6ccccc6)c6cccc7c6oc6c(C(C)(C)CC)cccc67)cc(C)c6ccc3c4c65)cccc12. The van der Waals surface area contributed by atoms with E-state index in [0.717, 1.165) is 90.8 Å². The normalized spacial score (nSPS) is 12.5. The highest BCUT2D eigenvalue weighted by Gasteiger charge is 2.30. The highest BCUT2D eigenvalue weighted by Crippen LogP contribution is 2.52. The minimum atomic E-state index is -0.0448. The molecule has 2 heterocycles. The first-order valence-corrected chi connectivity index (χ1v) is 24.3. The van der Waals surface area contributed by atoms with Gasteiger partial charge in [0, 0.05) is 54.8 Å². The molecule has 2 aromatic heterocycles. The van der Waals surface area contributed by atoms with E-state index in [1.54, 1.807) is 0 Å². The van der Waals surface area contributed by atoms with Gasteiger partial charge in [-0.05, 0) is 119 Å². The second-order valence-corrected chi connectivity index (χ2v) is 20.2. The number of nitrogens with zero attached hydrogens (tertiary/aromatic N) is 2. The van der Waals surface area contributed by atoms with E-state index >= 15 is 0 Å². The van der Waals surface area contributed by atoms with Gasteiger partial charge < -0.3 is 18.6 Å². The number of hydrogen-bond donors (Lipinski definition) is 0. The number of benzene rings is 10. The van der Waals surface area contributed by atoms with Crippen LogP contribution in [0.15, 0.2) is 179 Å². The topological polar surface area (TPSA) is 32.8 Å². The van der Waals surface area contributed by atoms with Crippen molar-refractivity contribution in [1.82, 2.24) is 0 Å². The first-order valence-electron chi connectivity index (χ1n) is 24.3. The molecule has 10 aromatic carbocycles. The highest BCUT2D eigenvalue weighted by molar-refractivity contribution is 6.30. The molecule has 0 fully saturated rings. The Labute approximate surface area is 398 Å². The van der Waals surface area contributed by atoms with E-state index in [0.29, 0.717) is 0 Å². The average Bonchev–Trinajstić information content (AvgIpc) is 3.95. The van der Waals surface area contributed by atoms with Crippen molar-refractivity contribution in [3.8, 4) is 0 Å². The number of furan rings is 2. The minimum Gasteiger partial charge on any atom is -0.454 e. The van der Waals surface area contributed by atoms with Crippen LogP contribution < -0.4 is 9.80 Å². The van der Waals surface area contributed by atoms with Crippen molar-refractivity contribution in [2.45, 2.75) is 79.1 Å². The predicted molar refractivity (Wildman–Crippen MR) is 290 cm³/mol. The lowest BCUT2D eigenvalue weighted by Gasteiger charge is -2.30. The van der Waals surface area contributed by atoms with E-state index in [1.165, 1.54) is 54.6 Å². The monoisotopic (exact) mass is 884 g/mol. The van der Waals surface area contributed by atoms with E-state index in [-0.39, 0.29) is 10.8 Å². The van der Waals surface area contributed by atoms with Crippen LogP contribution in [0.5, 0.6) is 0 Å². The van der Waals surface area contributed by atoms with E-state index < -0.39 is 0 Å². The molecule has 0 atom stereocenters. The minimum absolute atomic E-state index is 0.0448. The molecule has 4 nitrogen and oxygen atoms in total. The summed E-state index contributed by atoms with van der Waals surface area (Å²) in [5.74, 6) is 0. The zero-order chi connectivity index (χ0) is 46.6. The van der Waals surface area contributed by atoms with Crippen LogP contribution >= 0.6 is 0 Å². The molecular formula is C64H56N2O2. The quantitative estimate of drug-likeness (QED) is 0.128. The van der Waals surface area contributed by atoms with Gasteiger partial charge in [-0.3, -0.25) is 0 Å². The van der Waals surface area contributed by atoms with Crippen LogP contribution in [0.2, 0.25) is 0 Å². The van der Waals surface area contributed by atoms with Gasteiger partial charge in [-0.15, -0.1) is 0 Å². The number of rotatable bonds is 10. The molecule has 12 aromatic rings. The second kappa shape index (κ2) is 15.5. The Bertz CT molecular complexity index is 3650. The summed E-state index contributed by atoms with van der Waals surface area (Å²) in [6.45, 7) is 18.3. The van der Waals surface area contributed by atoms with E-state index in [9.17, 15) is 0 Å². The largest absolute Gasteiger partial charge is 0.454 e. The molecule has 0 saturated heterocycles. The molecule has 0 aliphatic rings. The van der Waals surface area contributed by atoms with Crippen molar-refractivity contribution in [3.05, 3.63) is 192 Å². The zero-order valence-electron chi connectivity index (χ0n) is 40.3. The molecule has 12 rings (SSSR count). The number of hydrogen-bond acceptors (Lipinski definition) is 4. The van der Waals surface area contributed by atoms with Crippen molar-refractivity contribution in [2.24, 2.45) is 0 Å². The smallest absolute Gasteiger partial charge is 0.159 e. The third-order valence-corrected chi connectivity index (χ3v) is 15.5. The number of para-hydroxylation sites is 6. The first kappa shape index (κ1) is 41.8. The lowest BCUT2D eigenvalue weighted by atomic mass is 9.81. The maximum atomic E-state index is 7.15. The Balaban J connectivity index is 1.14. The van der Waals surface area contributed by atoms with Crippen molar-refractivity contribution in [1.29, 1.82) is 0 Å². The molecular weight excluding hydrogens is 829 g/mol. The predicted octanol–water partition coefficient (Wildman–Crippen LogP) is 19.3. The summed E-state index contributed by atoms with van der Waals surface area (Å²) in [7, 11) is 0. The summed E-state index contributed by atoms with van der Waals surface area (Å²) in [6, 6.07) is 62.2. The summed E-state index contributed by atoms with van der Waals surface area (Å²) >= 11 is 0.